The molecule has 7 nitrogen and oxygen atoms in total. The Bertz CT molecular complexity index is 841. The number of nitrogens with one attached hydrogen (secondary N) is 3. The molecule has 30 heavy (non-hydrogen) atoms. The van der Waals surface area contributed by atoms with E-state index in [2.05, 4.69) is 20.9 Å². The minimum absolute atomic E-state index is 0. The standard InChI is InChI=1S/C21H27FN4O3.HI/c1-14(16-7-8-19(18(22)10-16)29-13-15-5-6-15)26-21(23-2)25-12-20(27)24-11-17-4-3-9-28-17;/h3-4,7-10,14-15H,5-6,11-13H2,1-2H3,(H,24,27)(H2,23,25,26);1H. The summed E-state index contributed by atoms with van der Waals surface area (Å²) in [7, 11) is 1.61. The third-order valence-corrected chi connectivity index (χ3v) is 4.66. The maximum atomic E-state index is 14.3. The predicted molar refractivity (Wildman–Crippen MR) is 124 cm³/mol. The molecular weight excluding hydrogens is 502 g/mol. The summed E-state index contributed by atoms with van der Waals surface area (Å²) < 4.78 is 25.0. The number of aliphatic imine (C=N–C) groups is 1. The smallest absolute Gasteiger partial charge is 0.239 e. The largest absolute Gasteiger partial charge is 0.490 e. The van der Waals surface area contributed by atoms with Crippen molar-refractivity contribution in [2.24, 2.45) is 10.9 Å². The molecule has 3 rings (SSSR count). The number of rotatable bonds is 9. The van der Waals surface area contributed by atoms with E-state index in [1.54, 1.807) is 31.5 Å². The van der Waals surface area contributed by atoms with Gasteiger partial charge in [0, 0.05) is 7.05 Å². The lowest BCUT2D eigenvalue weighted by Gasteiger charge is -2.19. The molecular formula is C21H28FIN4O3. The number of amides is 1. The van der Waals surface area contributed by atoms with Crippen LogP contribution in [0.25, 0.3) is 0 Å². The Morgan fingerprint density at radius 1 is 1.33 bits per heavy atom. The number of guanidine groups is 1. The summed E-state index contributed by atoms with van der Waals surface area (Å²) in [4.78, 5) is 16.1. The summed E-state index contributed by atoms with van der Waals surface area (Å²) in [6.07, 6.45) is 3.88. The number of furan rings is 1. The Kier molecular flexibility index (Phi) is 9.41. The minimum Gasteiger partial charge on any atom is -0.490 e. The van der Waals surface area contributed by atoms with Crippen LogP contribution >= 0.6 is 24.0 Å². The van der Waals surface area contributed by atoms with Gasteiger partial charge in [-0.1, -0.05) is 6.07 Å². The number of carbonyl (C=O) groups excluding carboxylic acids is 1. The van der Waals surface area contributed by atoms with Gasteiger partial charge in [-0.3, -0.25) is 9.79 Å². The summed E-state index contributed by atoms with van der Waals surface area (Å²) in [5, 5.41) is 8.84. The average Bonchev–Trinajstić information content (AvgIpc) is 3.40. The number of ether oxygens (including phenoxy) is 1. The van der Waals surface area contributed by atoms with Gasteiger partial charge in [0.05, 0.1) is 32.0 Å². The number of hydrogen-bond acceptors (Lipinski definition) is 4. The van der Waals surface area contributed by atoms with Crippen molar-refractivity contribution in [3.05, 3.63) is 53.7 Å². The number of halogens is 2. The van der Waals surface area contributed by atoms with Gasteiger partial charge in [0.15, 0.2) is 17.5 Å². The lowest BCUT2D eigenvalue weighted by Crippen LogP contribution is -2.43. The Morgan fingerprint density at radius 3 is 2.77 bits per heavy atom. The SMILES string of the molecule is CN=C(NCC(=O)NCc1ccco1)NC(C)c1ccc(OCC2CC2)c(F)c1.I. The van der Waals surface area contributed by atoms with Crippen LogP contribution in [-0.4, -0.2) is 32.1 Å². The molecule has 0 bridgehead atoms. The fourth-order valence-electron chi connectivity index (χ4n) is 2.70. The molecule has 1 saturated carbocycles. The summed E-state index contributed by atoms with van der Waals surface area (Å²) in [5.41, 5.74) is 0.756. The molecule has 1 aromatic carbocycles. The number of nitrogens with zero attached hydrogens (tertiary/aromatic N) is 1. The van der Waals surface area contributed by atoms with Crippen molar-refractivity contribution in [3.8, 4) is 5.75 Å². The zero-order chi connectivity index (χ0) is 20.6. The highest BCUT2D eigenvalue weighted by molar-refractivity contribution is 14.0. The molecule has 1 amide bonds. The lowest BCUT2D eigenvalue weighted by atomic mass is 10.1. The topological polar surface area (TPSA) is 87.9 Å². The third-order valence-electron chi connectivity index (χ3n) is 4.66. The zero-order valence-electron chi connectivity index (χ0n) is 17.1. The maximum Gasteiger partial charge on any atom is 0.239 e. The first kappa shape index (κ1) is 24.0. The molecule has 1 aliphatic rings. The Balaban J connectivity index is 0.00000320. The van der Waals surface area contributed by atoms with Crippen LogP contribution in [0.2, 0.25) is 0 Å². The van der Waals surface area contributed by atoms with Gasteiger partial charge in [0.2, 0.25) is 5.91 Å². The molecule has 0 aliphatic heterocycles. The second-order valence-electron chi connectivity index (χ2n) is 7.09. The number of benzene rings is 1. The Hall–Kier alpha value is -2.30. The Labute approximate surface area is 192 Å². The van der Waals surface area contributed by atoms with Crippen LogP contribution in [0.1, 0.15) is 37.1 Å². The molecule has 0 saturated heterocycles. The van der Waals surface area contributed by atoms with E-state index in [9.17, 15) is 9.18 Å². The number of carbonyl (C=O) groups is 1. The predicted octanol–water partition coefficient (Wildman–Crippen LogP) is 3.37. The van der Waals surface area contributed by atoms with Crippen LogP contribution in [0.3, 0.4) is 0 Å². The first-order chi connectivity index (χ1) is 14.0. The van der Waals surface area contributed by atoms with Crippen molar-refractivity contribution >= 4 is 35.8 Å². The molecule has 1 fully saturated rings. The van der Waals surface area contributed by atoms with Gasteiger partial charge in [-0.15, -0.1) is 24.0 Å². The molecule has 1 aromatic heterocycles. The van der Waals surface area contributed by atoms with Gasteiger partial charge >= 0.3 is 0 Å². The van der Waals surface area contributed by atoms with Gasteiger partial charge in [-0.2, -0.15) is 0 Å². The highest BCUT2D eigenvalue weighted by Gasteiger charge is 2.22. The van der Waals surface area contributed by atoms with Crippen molar-refractivity contribution in [1.82, 2.24) is 16.0 Å². The van der Waals surface area contributed by atoms with Crippen LogP contribution < -0.4 is 20.7 Å². The first-order valence-corrected chi connectivity index (χ1v) is 9.73. The van der Waals surface area contributed by atoms with Gasteiger partial charge in [0.1, 0.15) is 5.76 Å². The van der Waals surface area contributed by atoms with Gasteiger partial charge < -0.3 is 25.1 Å². The van der Waals surface area contributed by atoms with Crippen molar-refractivity contribution < 1.29 is 18.3 Å². The molecule has 9 heteroatoms. The fraction of sp³-hybridized carbons (Fsp3) is 0.429. The molecule has 1 unspecified atom stereocenters. The van der Waals surface area contributed by atoms with Crippen molar-refractivity contribution in [3.63, 3.8) is 0 Å². The van der Waals surface area contributed by atoms with Crippen LogP contribution in [0.15, 0.2) is 46.0 Å². The monoisotopic (exact) mass is 530 g/mol. The van der Waals surface area contributed by atoms with E-state index in [0.717, 1.165) is 18.4 Å². The lowest BCUT2D eigenvalue weighted by molar-refractivity contribution is -0.120. The highest BCUT2D eigenvalue weighted by Crippen LogP contribution is 2.30. The molecule has 1 heterocycles. The summed E-state index contributed by atoms with van der Waals surface area (Å²) in [5.74, 6) is 1.40. The van der Waals surface area contributed by atoms with E-state index in [4.69, 9.17) is 9.15 Å². The van der Waals surface area contributed by atoms with Crippen LogP contribution in [0.4, 0.5) is 4.39 Å². The van der Waals surface area contributed by atoms with Gasteiger partial charge in [-0.05, 0) is 55.5 Å². The van der Waals surface area contributed by atoms with E-state index < -0.39 is 0 Å². The van der Waals surface area contributed by atoms with Crippen molar-refractivity contribution in [2.45, 2.75) is 32.4 Å². The van der Waals surface area contributed by atoms with Crippen molar-refractivity contribution in [2.75, 3.05) is 20.2 Å². The second kappa shape index (κ2) is 11.8. The van der Waals surface area contributed by atoms with Gasteiger partial charge in [0.25, 0.3) is 0 Å². The minimum atomic E-state index is -0.378. The highest BCUT2D eigenvalue weighted by atomic mass is 127. The van der Waals surface area contributed by atoms with E-state index in [1.807, 2.05) is 13.0 Å². The maximum absolute atomic E-state index is 14.3. The first-order valence-electron chi connectivity index (χ1n) is 9.73. The normalized spacial score (nSPS) is 14.4. The zero-order valence-corrected chi connectivity index (χ0v) is 19.4. The van der Waals surface area contributed by atoms with Crippen LogP contribution in [0.5, 0.6) is 5.75 Å². The van der Waals surface area contributed by atoms with E-state index in [0.29, 0.717) is 30.8 Å². The van der Waals surface area contributed by atoms with Crippen LogP contribution in [0, 0.1) is 11.7 Å². The molecule has 1 aliphatic carbocycles. The fourth-order valence-corrected chi connectivity index (χ4v) is 2.70. The van der Waals surface area contributed by atoms with Crippen LogP contribution in [-0.2, 0) is 11.3 Å². The summed E-state index contributed by atoms with van der Waals surface area (Å²) in [6.45, 7) is 2.84. The van der Waals surface area contributed by atoms with E-state index >= 15 is 0 Å². The summed E-state index contributed by atoms with van der Waals surface area (Å²) in [6, 6.07) is 8.29. The third kappa shape index (κ3) is 7.51. The molecule has 0 radical (unpaired) electrons. The van der Waals surface area contributed by atoms with Gasteiger partial charge in [-0.25, -0.2) is 4.39 Å². The molecule has 0 spiro atoms. The van der Waals surface area contributed by atoms with E-state index in [-0.39, 0.29) is 54.0 Å². The summed E-state index contributed by atoms with van der Waals surface area (Å²) >= 11 is 0. The van der Waals surface area contributed by atoms with Crippen molar-refractivity contribution in [1.29, 1.82) is 0 Å². The molecule has 1 atom stereocenters. The number of hydrogen-bond donors (Lipinski definition) is 3. The second-order valence-corrected chi connectivity index (χ2v) is 7.09. The molecule has 164 valence electrons. The average molecular weight is 530 g/mol. The quantitative estimate of drug-likeness (QED) is 0.263. The molecule has 3 N–H and O–H groups in total. The Morgan fingerprint density at radius 2 is 2.13 bits per heavy atom. The molecule has 2 aromatic rings. The van der Waals surface area contributed by atoms with E-state index in [1.165, 1.54) is 6.07 Å².